The van der Waals surface area contributed by atoms with Crippen molar-refractivity contribution >= 4 is 16.5 Å². The number of fused-ring (bicyclic) bond motifs is 1. The standard InChI is InChI=1S/C4H4N4S/c1-3-2-8-4(5-3)9-7-6-8/h2H,1H3. The Bertz CT molecular complexity index is 293. The van der Waals surface area contributed by atoms with Crippen molar-refractivity contribution < 1.29 is 0 Å². The molecule has 0 radical (unpaired) electrons. The molecule has 0 atom stereocenters. The first-order valence-electron chi connectivity index (χ1n) is 2.50. The predicted octanol–water partition coefficient (Wildman–Crippen LogP) is 0.494. The number of nitrogens with zero attached hydrogens (tertiary/aromatic N) is 4. The van der Waals surface area contributed by atoms with Gasteiger partial charge in [-0.25, -0.2) is 4.98 Å². The number of aryl methyl sites for hydroxylation is 1. The molecular formula is C4H4N4S. The highest BCUT2D eigenvalue weighted by atomic mass is 32.1. The highest BCUT2D eigenvalue weighted by Gasteiger charge is 1.97. The van der Waals surface area contributed by atoms with Crippen LogP contribution in [0.15, 0.2) is 6.20 Å². The monoisotopic (exact) mass is 140 g/mol. The van der Waals surface area contributed by atoms with E-state index in [0.29, 0.717) is 0 Å². The summed E-state index contributed by atoms with van der Waals surface area (Å²) >= 11 is 1.30. The summed E-state index contributed by atoms with van der Waals surface area (Å²) in [5, 5.41) is 3.76. The summed E-state index contributed by atoms with van der Waals surface area (Å²) in [6.45, 7) is 1.93. The second kappa shape index (κ2) is 1.51. The van der Waals surface area contributed by atoms with Crippen LogP contribution in [0.3, 0.4) is 0 Å². The zero-order valence-electron chi connectivity index (χ0n) is 4.77. The maximum atomic E-state index is 4.13. The molecule has 2 aromatic rings. The fourth-order valence-electron chi connectivity index (χ4n) is 0.684. The summed E-state index contributed by atoms with van der Waals surface area (Å²) in [4.78, 5) is 4.98. The van der Waals surface area contributed by atoms with Gasteiger partial charge in [-0.3, -0.25) is 0 Å². The second-order valence-electron chi connectivity index (χ2n) is 1.77. The van der Waals surface area contributed by atoms with Crippen LogP contribution < -0.4 is 0 Å². The van der Waals surface area contributed by atoms with E-state index in [1.165, 1.54) is 11.5 Å². The van der Waals surface area contributed by atoms with Gasteiger partial charge in [0.2, 0.25) is 4.96 Å². The lowest BCUT2D eigenvalue weighted by Gasteiger charge is -1.68. The maximum Gasteiger partial charge on any atom is 0.231 e. The topological polar surface area (TPSA) is 43.1 Å². The van der Waals surface area contributed by atoms with Crippen molar-refractivity contribution in [1.29, 1.82) is 0 Å². The Labute approximate surface area is 55.3 Å². The molecular weight excluding hydrogens is 136 g/mol. The molecule has 0 unspecified atom stereocenters. The van der Waals surface area contributed by atoms with Gasteiger partial charge < -0.3 is 0 Å². The third-order valence-electron chi connectivity index (χ3n) is 1.03. The zero-order chi connectivity index (χ0) is 6.27. The van der Waals surface area contributed by atoms with Gasteiger partial charge in [0.05, 0.1) is 11.9 Å². The van der Waals surface area contributed by atoms with Gasteiger partial charge in [0.25, 0.3) is 0 Å². The molecule has 0 saturated heterocycles. The first-order chi connectivity index (χ1) is 4.36. The van der Waals surface area contributed by atoms with E-state index >= 15 is 0 Å². The van der Waals surface area contributed by atoms with Crippen LogP contribution in [-0.2, 0) is 0 Å². The van der Waals surface area contributed by atoms with Gasteiger partial charge in [0, 0.05) is 11.5 Å². The maximum absolute atomic E-state index is 4.13. The number of aromatic nitrogens is 4. The third-order valence-corrected chi connectivity index (χ3v) is 1.63. The van der Waals surface area contributed by atoms with Crippen LogP contribution in [0.2, 0.25) is 0 Å². The normalized spacial score (nSPS) is 10.8. The van der Waals surface area contributed by atoms with E-state index in [2.05, 4.69) is 14.7 Å². The molecule has 0 aliphatic carbocycles. The van der Waals surface area contributed by atoms with Crippen LogP contribution in [0.1, 0.15) is 5.69 Å². The van der Waals surface area contributed by atoms with Gasteiger partial charge >= 0.3 is 0 Å². The average Bonchev–Trinajstić information content (AvgIpc) is 2.22. The molecule has 5 heteroatoms. The van der Waals surface area contributed by atoms with Crippen molar-refractivity contribution in [3.63, 3.8) is 0 Å². The molecule has 2 aromatic heterocycles. The highest BCUT2D eigenvalue weighted by molar-refractivity contribution is 7.10. The van der Waals surface area contributed by atoms with Gasteiger partial charge in [0.1, 0.15) is 0 Å². The molecule has 0 N–H and O–H groups in total. The minimum Gasteiger partial charge on any atom is -0.222 e. The fourth-order valence-corrected chi connectivity index (χ4v) is 1.23. The van der Waals surface area contributed by atoms with E-state index in [1.54, 1.807) is 4.52 Å². The van der Waals surface area contributed by atoms with Gasteiger partial charge in [-0.15, -0.1) is 0 Å². The number of rotatable bonds is 0. The summed E-state index contributed by atoms with van der Waals surface area (Å²) in [6.07, 6.45) is 1.85. The first kappa shape index (κ1) is 4.87. The number of hydrogen-bond acceptors (Lipinski definition) is 4. The Morgan fingerprint density at radius 1 is 1.67 bits per heavy atom. The van der Waals surface area contributed by atoms with Crippen molar-refractivity contribution in [3.05, 3.63) is 11.9 Å². The molecule has 0 aliphatic rings. The number of hydrogen-bond donors (Lipinski definition) is 0. The largest absolute Gasteiger partial charge is 0.231 e. The molecule has 0 saturated carbocycles. The Morgan fingerprint density at radius 2 is 2.56 bits per heavy atom. The first-order valence-corrected chi connectivity index (χ1v) is 3.28. The smallest absolute Gasteiger partial charge is 0.222 e. The van der Waals surface area contributed by atoms with Crippen LogP contribution in [0.5, 0.6) is 0 Å². The van der Waals surface area contributed by atoms with Crippen molar-refractivity contribution in [2.45, 2.75) is 6.92 Å². The summed E-state index contributed by atoms with van der Waals surface area (Å²) in [5.41, 5.74) is 0.983. The minimum atomic E-state index is 0.854. The molecule has 0 fully saturated rings. The zero-order valence-corrected chi connectivity index (χ0v) is 5.59. The molecule has 2 rings (SSSR count). The van der Waals surface area contributed by atoms with E-state index < -0.39 is 0 Å². The van der Waals surface area contributed by atoms with Crippen molar-refractivity contribution in [1.82, 2.24) is 19.2 Å². The van der Waals surface area contributed by atoms with Gasteiger partial charge in [-0.1, -0.05) is 4.49 Å². The van der Waals surface area contributed by atoms with E-state index in [4.69, 9.17) is 0 Å². The molecule has 0 bridgehead atoms. The quantitative estimate of drug-likeness (QED) is 0.535. The van der Waals surface area contributed by atoms with Crippen LogP contribution in [0.4, 0.5) is 0 Å². The van der Waals surface area contributed by atoms with E-state index in [9.17, 15) is 0 Å². The van der Waals surface area contributed by atoms with E-state index in [1.807, 2.05) is 13.1 Å². The molecule has 0 spiro atoms. The van der Waals surface area contributed by atoms with Crippen LogP contribution in [0, 0.1) is 6.92 Å². The lowest BCUT2D eigenvalue weighted by molar-refractivity contribution is 0.873. The van der Waals surface area contributed by atoms with Crippen molar-refractivity contribution in [2.24, 2.45) is 0 Å². The summed E-state index contributed by atoms with van der Waals surface area (Å²) < 4.78 is 5.36. The predicted molar refractivity (Wildman–Crippen MR) is 33.4 cm³/mol. The van der Waals surface area contributed by atoms with Crippen LogP contribution >= 0.6 is 11.5 Å². The SMILES string of the molecule is Cc1cn2nnsc2n1. The average molecular weight is 140 g/mol. The summed E-state index contributed by atoms with van der Waals surface area (Å²) in [7, 11) is 0. The molecule has 0 aromatic carbocycles. The van der Waals surface area contributed by atoms with Crippen molar-refractivity contribution in [2.75, 3.05) is 0 Å². The molecule has 0 aliphatic heterocycles. The molecule has 2 heterocycles. The Kier molecular flexibility index (Phi) is 0.814. The highest BCUT2D eigenvalue weighted by Crippen LogP contribution is 2.03. The third kappa shape index (κ3) is 0.613. The molecule has 0 amide bonds. The number of imidazole rings is 1. The van der Waals surface area contributed by atoms with Crippen LogP contribution in [-0.4, -0.2) is 19.2 Å². The van der Waals surface area contributed by atoms with Crippen molar-refractivity contribution in [3.8, 4) is 0 Å². The van der Waals surface area contributed by atoms with Gasteiger partial charge in [-0.05, 0) is 12.1 Å². The fraction of sp³-hybridized carbons (Fsp3) is 0.250. The lowest BCUT2D eigenvalue weighted by Crippen LogP contribution is -1.78. The molecule has 9 heavy (non-hydrogen) atoms. The molecule has 4 nitrogen and oxygen atoms in total. The minimum absolute atomic E-state index is 0.854. The van der Waals surface area contributed by atoms with Crippen LogP contribution in [0.25, 0.3) is 4.96 Å². The van der Waals surface area contributed by atoms with E-state index in [0.717, 1.165) is 10.7 Å². The van der Waals surface area contributed by atoms with E-state index in [-0.39, 0.29) is 0 Å². The Hall–Kier alpha value is -0.970. The summed E-state index contributed by atoms with van der Waals surface area (Å²) in [6, 6.07) is 0. The lowest BCUT2D eigenvalue weighted by atomic mass is 10.6. The van der Waals surface area contributed by atoms with Gasteiger partial charge in [0.15, 0.2) is 0 Å². The Balaban J connectivity index is 2.92. The Morgan fingerprint density at radius 3 is 3.33 bits per heavy atom. The summed E-state index contributed by atoms with van der Waals surface area (Å²) in [5.74, 6) is 0. The molecule has 46 valence electrons. The van der Waals surface area contributed by atoms with Gasteiger partial charge in [-0.2, -0.15) is 4.52 Å². The second-order valence-corrected chi connectivity index (χ2v) is 2.48.